The Bertz CT molecular complexity index is 1050. The van der Waals surface area contributed by atoms with Gasteiger partial charge in [-0.05, 0) is 43.7 Å². The Morgan fingerprint density at radius 3 is 2.63 bits per heavy atom. The van der Waals surface area contributed by atoms with Gasteiger partial charge >= 0.3 is 5.97 Å². The molecule has 2 aromatic carbocycles. The van der Waals surface area contributed by atoms with Gasteiger partial charge in [-0.15, -0.1) is 6.42 Å². The summed E-state index contributed by atoms with van der Waals surface area (Å²) in [6, 6.07) is 9.20. The number of rotatable bonds is 7. The van der Waals surface area contributed by atoms with Crippen molar-refractivity contribution in [3.63, 3.8) is 0 Å². The molecule has 0 saturated carbocycles. The Balaban J connectivity index is 1.89. The minimum atomic E-state index is -0.756. The van der Waals surface area contributed by atoms with Gasteiger partial charge in [0.25, 0.3) is 11.8 Å². The molecule has 0 saturated heterocycles. The molecule has 1 aliphatic heterocycles. The van der Waals surface area contributed by atoms with Crippen LogP contribution < -0.4 is 9.64 Å². The van der Waals surface area contributed by atoms with Crippen LogP contribution in [0.4, 0.5) is 5.69 Å². The van der Waals surface area contributed by atoms with E-state index in [1.807, 2.05) is 0 Å². The first-order chi connectivity index (χ1) is 14.4. The van der Waals surface area contributed by atoms with Gasteiger partial charge in [0.1, 0.15) is 19.0 Å². The first kappa shape index (κ1) is 21.1. The van der Waals surface area contributed by atoms with E-state index < -0.39 is 23.9 Å². The molecule has 0 aromatic heterocycles. The third-order valence-corrected chi connectivity index (χ3v) is 4.81. The van der Waals surface area contributed by atoms with Crippen molar-refractivity contribution < 1.29 is 29.0 Å². The van der Waals surface area contributed by atoms with Gasteiger partial charge in [-0.2, -0.15) is 0 Å². The van der Waals surface area contributed by atoms with Crippen molar-refractivity contribution in [2.45, 2.75) is 26.4 Å². The van der Waals surface area contributed by atoms with Crippen LogP contribution in [-0.2, 0) is 4.74 Å². The topological polar surface area (TPSA) is 93.1 Å². The number of anilines is 1. The number of benzene rings is 2. The van der Waals surface area contributed by atoms with E-state index in [4.69, 9.17) is 15.9 Å². The average Bonchev–Trinajstić information content (AvgIpc) is 3.00. The van der Waals surface area contributed by atoms with E-state index in [1.165, 1.54) is 18.2 Å². The second kappa shape index (κ2) is 8.80. The van der Waals surface area contributed by atoms with Crippen LogP contribution in [0.25, 0.3) is 0 Å². The summed E-state index contributed by atoms with van der Waals surface area (Å²) in [6.45, 7) is 3.41. The molecule has 0 bridgehead atoms. The van der Waals surface area contributed by atoms with Gasteiger partial charge in [0.2, 0.25) is 0 Å². The summed E-state index contributed by atoms with van der Waals surface area (Å²) in [5, 5.41) is 9.54. The number of hydrogen-bond donors (Lipinski definition) is 1. The maximum absolute atomic E-state index is 13.0. The van der Waals surface area contributed by atoms with Crippen LogP contribution in [0.2, 0.25) is 0 Å². The van der Waals surface area contributed by atoms with E-state index >= 15 is 0 Å². The van der Waals surface area contributed by atoms with Crippen LogP contribution in [0.15, 0.2) is 36.4 Å². The number of aliphatic hydroxyl groups is 1. The molecule has 1 atom stereocenters. The summed E-state index contributed by atoms with van der Waals surface area (Å²) in [4.78, 5) is 39.2. The van der Waals surface area contributed by atoms with E-state index in [0.717, 1.165) is 4.90 Å². The molecule has 2 amide bonds. The third-order valence-electron chi connectivity index (χ3n) is 4.81. The van der Waals surface area contributed by atoms with Gasteiger partial charge in [-0.3, -0.25) is 9.59 Å². The fraction of sp³-hybridized carbons (Fsp3) is 0.261. The van der Waals surface area contributed by atoms with Crippen LogP contribution in [0.5, 0.6) is 5.75 Å². The molecule has 1 aliphatic rings. The first-order valence-corrected chi connectivity index (χ1v) is 9.42. The SMILES string of the molecule is C#CCOc1cccc(N2C(=O)c3ccc(C(=O)OCC(O)CC)cc3C2=O)c1C. The van der Waals surface area contributed by atoms with Crippen molar-refractivity contribution in [2.75, 3.05) is 18.1 Å². The first-order valence-electron chi connectivity index (χ1n) is 9.42. The Kier molecular flexibility index (Phi) is 6.19. The highest BCUT2D eigenvalue weighted by molar-refractivity contribution is 6.35. The van der Waals surface area contributed by atoms with Gasteiger partial charge in [-0.1, -0.05) is 18.9 Å². The fourth-order valence-electron chi connectivity index (χ4n) is 3.08. The number of imide groups is 1. The van der Waals surface area contributed by atoms with Crippen molar-refractivity contribution in [3.8, 4) is 18.1 Å². The van der Waals surface area contributed by atoms with Gasteiger partial charge in [-0.25, -0.2) is 9.69 Å². The van der Waals surface area contributed by atoms with Gasteiger partial charge < -0.3 is 14.6 Å². The number of esters is 1. The lowest BCUT2D eigenvalue weighted by Crippen LogP contribution is -2.30. The predicted octanol–water partition coefficient (Wildman–Crippen LogP) is 2.74. The number of amides is 2. The number of carbonyl (C=O) groups excluding carboxylic acids is 3. The highest BCUT2D eigenvalue weighted by Gasteiger charge is 2.38. The molecule has 1 heterocycles. The molecular formula is C23H21NO6. The van der Waals surface area contributed by atoms with E-state index in [1.54, 1.807) is 32.0 Å². The average molecular weight is 407 g/mol. The molecular weight excluding hydrogens is 386 g/mol. The predicted molar refractivity (Wildman–Crippen MR) is 110 cm³/mol. The fourth-order valence-corrected chi connectivity index (χ4v) is 3.08. The monoisotopic (exact) mass is 407 g/mol. The van der Waals surface area contributed by atoms with Crippen molar-refractivity contribution in [1.82, 2.24) is 0 Å². The molecule has 30 heavy (non-hydrogen) atoms. The minimum absolute atomic E-state index is 0.0601. The molecule has 7 heteroatoms. The summed E-state index contributed by atoms with van der Waals surface area (Å²) >= 11 is 0. The smallest absolute Gasteiger partial charge is 0.338 e. The molecule has 7 nitrogen and oxygen atoms in total. The van der Waals surface area contributed by atoms with E-state index in [9.17, 15) is 19.5 Å². The van der Waals surface area contributed by atoms with Crippen molar-refractivity contribution in [2.24, 2.45) is 0 Å². The number of ether oxygens (including phenoxy) is 2. The Morgan fingerprint density at radius 2 is 1.93 bits per heavy atom. The molecule has 3 rings (SSSR count). The summed E-state index contributed by atoms with van der Waals surface area (Å²) < 4.78 is 10.5. The number of terminal acetylenes is 1. The third kappa shape index (κ3) is 3.91. The Labute approximate surface area is 174 Å². The van der Waals surface area contributed by atoms with Crippen molar-refractivity contribution in [1.29, 1.82) is 0 Å². The lowest BCUT2D eigenvalue weighted by atomic mass is 10.1. The highest BCUT2D eigenvalue weighted by Crippen LogP contribution is 2.34. The Hall–Kier alpha value is -3.63. The summed E-state index contributed by atoms with van der Waals surface area (Å²) in [5.41, 5.74) is 1.41. The molecule has 0 radical (unpaired) electrons. The van der Waals surface area contributed by atoms with Crippen LogP contribution in [0.3, 0.4) is 0 Å². The van der Waals surface area contributed by atoms with E-state index in [0.29, 0.717) is 23.4 Å². The molecule has 0 fully saturated rings. The number of carbonyl (C=O) groups is 3. The lowest BCUT2D eigenvalue weighted by molar-refractivity contribution is 0.0250. The van der Waals surface area contributed by atoms with Crippen LogP contribution >= 0.6 is 0 Å². The number of fused-ring (bicyclic) bond motifs is 1. The number of aliphatic hydroxyl groups excluding tert-OH is 1. The molecule has 2 aromatic rings. The van der Waals surface area contributed by atoms with Crippen molar-refractivity contribution >= 4 is 23.5 Å². The molecule has 0 spiro atoms. The zero-order valence-electron chi connectivity index (χ0n) is 16.7. The van der Waals surface area contributed by atoms with E-state index in [2.05, 4.69) is 5.92 Å². The Morgan fingerprint density at radius 1 is 1.20 bits per heavy atom. The standard InChI is InChI=1S/C23H21NO6/c1-4-11-29-20-8-6-7-19(14(20)3)24-21(26)17-10-9-15(12-18(17)22(24)27)23(28)30-13-16(25)5-2/h1,6-10,12,16,25H,5,11,13H2,2-3H3. The lowest BCUT2D eigenvalue weighted by Gasteiger charge is -2.18. The summed E-state index contributed by atoms with van der Waals surface area (Å²) in [5.74, 6) is 1.13. The van der Waals surface area contributed by atoms with Crippen LogP contribution in [0.1, 0.15) is 50.0 Å². The summed E-state index contributed by atoms with van der Waals surface area (Å²) in [6.07, 6.45) is 4.92. The zero-order valence-corrected chi connectivity index (χ0v) is 16.7. The normalized spacial score (nSPS) is 13.6. The highest BCUT2D eigenvalue weighted by atomic mass is 16.5. The van der Waals surface area contributed by atoms with Crippen LogP contribution in [-0.4, -0.2) is 42.2 Å². The quantitative estimate of drug-likeness (QED) is 0.431. The molecule has 154 valence electrons. The molecule has 1 N–H and O–H groups in total. The van der Waals surface area contributed by atoms with Gasteiger partial charge in [0.15, 0.2) is 0 Å². The summed E-state index contributed by atoms with van der Waals surface area (Å²) in [7, 11) is 0. The largest absolute Gasteiger partial charge is 0.481 e. The number of hydrogen-bond acceptors (Lipinski definition) is 6. The van der Waals surface area contributed by atoms with Crippen LogP contribution in [0, 0.1) is 19.3 Å². The maximum atomic E-state index is 13.0. The second-order valence-electron chi connectivity index (χ2n) is 6.76. The second-order valence-corrected chi connectivity index (χ2v) is 6.76. The number of nitrogens with zero attached hydrogens (tertiary/aromatic N) is 1. The minimum Gasteiger partial charge on any atom is -0.481 e. The maximum Gasteiger partial charge on any atom is 0.338 e. The zero-order chi connectivity index (χ0) is 21.8. The van der Waals surface area contributed by atoms with Gasteiger partial charge in [0.05, 0.1) is 28.5 Å². The van der Waals surface area contributed by atoms with Gasteiger partial charge in [0, 0.05) is 5.56 Å². The van der Waals surface area contributed by atoms with E-state index in [-0.39, 0.29) is 29.9 Å². The van der Waals surface area contributed by atoms with Crippen molar-refractivity contribution in [3.05, 3.63) is 58.7 Å². The molecule has 0 aliphatic carbocycles. The molecule has 1 unspecified atom stereocenters.